The van der Waals surface area contributed by atoms with Crippen LogP contribution in [0.3, 0.4) is 0 Å². The molecule has 0 saturated carbocycles. The van der Waals surface area contributed by atoms with Crippen molar-refractivity contribution in [3.63, 3.8) is 0 Å². The van der Waals surface area contributed by atoms with Crippen molar-refractivity contribution in [1.29, 1.82) is 5.41 Å². The summed E-state index contributed by atoms with van der Waals surface area (Å²) in [5.41, 5.74) is 6.89. The van der Waals surface area contributed by atoms with Gasteiger partial charge in [-0.3, -0.25) is 20.3 Å². The summed E-state index contributed by atoms with van der Waals surface area (Å²) in [5, 5.41) is 10.1. The number of nitrogens with two attached hydrogens (primary N) is 1. The second-order valence-electron chi connectivity index (χ2n) is 6.53. The van der Waals surface area contributed by atoms with Gasteiger partial charge in [0.05, 0.1) is 11.8 Å². The molecule has 0 unspecified atom stereocenters. The van der Waals surface area contributed by atoms with Gasteiger partial charge in [0, 0.05) is 29.5 Å². The van der Waals surface area contributed by atoms with Gasteiger partial charge in [-0.25, -0.2) is 0 Å². The summed E-state index contributed by atoms with van der Waals surface area (Å²) in [7, 11) is -3.79. The summed E-state index contributed by atoms with van der Waals surface area (Å²) >= 11 is 0. The van der Waals surface area contributed by atoms with Crippen molar-refractivity contribution in [3.8, 4) is 5.75 Å². The highest BCUT2D eigenvalue weighted by atomic mass is 32.2. The summed E-state index contributed by atoms with van der Waals surface area (Å²) in [4.78, 5) is 25.1. The third kappa shape index (κ3) is 3.65. The highest BCUT2D eigenvalue weighted by Crippen LogP contribution is 2.36. The molecular weight excluding hydrogens is 372 g/mol. The monoisotopic (exact) mass is 392 g/mol. The summed E-state index contributed by atoms with van der Waals surface area (Å²) < 4.78 is 30.0. The van der Waals surface area contributed by atoms with Crippen molar-refractivity contribution in [3.05, 3.63) is 29.0 Å². The largest absolute Gasteiger partial charge is 0.382 e. The topological polar surface area (TPSA) is 144 Å². The molecule has 10 heteroatoms. The van der Waals surface area contributed by atoms with Crippen LogP contribution in [0, 0.1) is 12.3 Å². The lowest BCUT2D eigenvalue weighted by atomic mass is 9.98. The fraction of sp³-hybridized carbons (Fsp3) is 0.353. The Balaban J connectivity index is 2.33. The number of Topliss-reactive ketones (excluding diaryl/α,β-unsaturated/α-hetero) is 1. The molecule has 9 nitrogen and oxygen atoms in total. The number of guanidine groups is 1. The third-order valence-corrected chi connectivity index (χ3v) is 4.94. The number of nitrogens with zero attached hydrogens (tertiary/aromatic N) is 1. The van der Waals surface area contributed by atoms with Crippen molar-refractivity contribution in [2.24, 2.45) is 5.73 Å². The van der Waals surface area contributed by atoms with E-state index in [-0.39, 0.29) is 17.2 Å². The van der Waals surface area contributed by atoms with Gasteiger partial charge in [-0.15, -0.1) is 0 Å². The van der Waals surface area contributed by atoms with Crippen LogP contribution in [0.25, 0.3) is 10.9 Å². The number of aromatic nitrogens is 1. The maximum atomic E-state index is 12.7. The first-order valence-electron chi connectivity index (χ1n) is 8.33. The third-order valence-electron chi connectivity index (χ3n) is 4.46. The van der Waals surface area contributed by atoms with Crippen molar-refractivity contribution >= 4 is 38.7 Å². The molecule has 0 saturated heterocycles. The Hall–Kier alpha value is -2.88. The van der Waals surface area contributed by atoms with Gasteiger partial charge < -0.3 is 14.5 Å². The van der Waals surface area contributed by atoms with Crippen molar-refractivity contribution in [2.45, 2.75) is 32.7 Å². The number of carbonyl (C=O) groups excluding carboxylic acids is 2. The zero-order chi connectivity index (χ0) is 19.9. The Bertz CT molecular complexity index is 1080. The van der Waals surface area contributed by atoms with E-state index in [4.69, 9.17) is 15.3 Å². The van der Waals surface area contributed by atoms with Gasteiger partial charge in [-0.1, -0.05) is 0 Å². The molecule has 1 aromatic heterocycles. The minimum Gasteiger partial charge on any atom is -0.382 e. The summed E-state index contributed by atoms with van der Waals surface area (Å²) in [6.07, 6.45) is 2.60. The van der Waals surface area contributed by atoms with Crippen molar-refractivity contribution in [1.82, 2.24) is 9.88 Å². The van der Waals surface area contributed by atoms with Crippen LogP contribution in [0.5, 0.6) is 5.75 Å². The van der Waals surface area contributed by atoms with E-state index in [1.54, 1.807) is 17.6 Å². The van der Waals surface area contributed by atoms with Gasteiger partial charge >= 0.3 is 10.1 Å². The van der Waals surface area contributed by atoms with E-state index >= 15 is 0 Å². The van der Waals surface area contributed by atoms with Crippen LogP contribution in [0.15, 0.2) is 12.1 Å². The lowest BCUT2D eigenvalue weighted by molar-refractivity contribution is 0.0957. The standard InChI is InChI=1S/C17H20N4O5S/c1-9-10-7-12(16(23)20-17(18)19)21-6-4-3-5-13(22)11(15(10)21)8-14(9)26-27(2,24)25/h7-8H,3-6H2,1-2H3,(H4,18,19,20,23). The quantitative estimate of drug-likeness (QED) is 0.408. The van der Waals surface area contributed by atoms with E-state index in [9.17, 15) is 18.0 Å². The van der Waals surface area contributed by atoms with Gasteiger partial charge in [-0.05, 0) is 31.9 Å². The fourth-order valence-electron chi connectivity index (χ4n) is 3.32. The highest BCUT2D eigenvalue weighted by Gasteiger charge is 2.26. The number of hydrogen-bond acceptors (Lipinski definition) is 6. The van der Waals surface area contributed by atoms with Gasteiger partial charge in [0.25, 0.3) is 5.91 Å². The average molecular weight is 392 g/mol. The molecular formula is C17H20N4O5S. The molecule has 4 N–H and O–H groups in total. The molecule has 1 amide bonds. The van der Waals surface area contributed by atoms with Gasteiger partial charge in [0.1, 0.15) is 11.4 Å². The molecule has 0 fully saturated rings. The van der Waals surface area contributed by atoms with Crippen LogP contribution in [0.2, 0.25) is 0 Å². The van der Waals surface area contributed by atoms with Gasteiger partial charge in [0.15, 0.2) is 11.7 Å². The molecule has 0 spiro atoms. The Morgan fingerprint density at radius 2 is 2.04 bits per heavy atom. The number of nitrogens with one attached hydrogen (secondary N) is 2. The molecule has 0 atom stereocenters. The first kappa shape index (κ1) is 18.9. The van der Waals surface area contributed by atoms with E-state index in [1.165, 1.54) is 6.07 Å². The molecule has 1 aromatic carbocycles. The molecule has 0 bridgehead atoms. The van der Waals surface area contributed by atoms with Gasteiger partial charge in [-0.2, -0.15) is 8.42 Å². The number of benzene rings is 1. The molecule has 27 heavy (non-hydrogen) atoms. The molecule has 144 valence electrons. The second kappa shape index (κ2) is 6.69. The van der Waals surface area contributed by atoms with Crippen LogP contribution < -0.4 is 15.2 Å². The van der Waals surface area contributed by atoms with E-state index in [2.05, 4.69) is 5.32 Å². The van der Waals surface area contributed by atoms with E-state index in [1.807, 2.05) is 0 Å². The Morgan fingerprint density at radius 1 is 1.33 bits per heavy atom. The first-order valence-corrected chi connectivity index (χ1v) is 10.1. The summed E-state index contributed by atoms with van der Waals surface area (Å²) in [6.45, 7) is 2.18. The number of hydrogen-bond donors (Lipinski definition) is 3. The molecule has 2 aromatic rings. The smallest absolute Gasteiger partial charge is 0.306 e. The maximum Gasteiger partial charge on any atom is 0.306 e. The van der Waals surface area contributed by atoms with Crippen LogP contribution in [-0.4, -0.2) is 36.9 Å². The van der Waals surface area contributed by atoms with Gasteiger partial charge in [0.2, 0.25) is 0 Å². The molecule has 1 aliphatic rings. The van der Waals surface area contributed by atoms with E-state index < -0.39 is 22.0 Å². The van der Waals surface area contributed by atoms with Crippen molar-refractivity contribution in [2.75, 3.05) is 6.26 Å². The zero-order valence-electron chi connectivity index (χ0n) is 15.0. The van der Waals surface area contributed by atoms with Crippen LogP contribution in [0.1, 0.15) is 45.7 Å². The average Bonchev–Trinajstić information content (AvgIpc) is 2.90. The number of rotatable bonds is 3. The Kier molecular flexibility index (Phi) is 4.68. The first-order chi connectivity index (χ1) is 12.6. The summed E-state index contributed by atoms with van der Waals surface area (Å²) in [6, 6.07) is 3.00. The predicted molar refractivity (Wildman–Crippen MR) is 99.7 cm³/mol. The number of ketones is 1. The molecule has 1 aliphatic heterocycles. The van der Waals surface area contributed by atoms with Crippen molar-refractivity contribution < 1.29 is 22.2 Å². The summed E-state index contributed by atoms with van der Waals surface area (Å²) in [5.74, 6) is -1.14. The zero-order valence-corrected chi connectivity index (χ0v) is 15.8. The maximum absolute atomic E-state index is 12.7. The molecule has 0 radical (unpaired) electrons. The lowest BCUT2D eigenvalue weighted by Gasteiger charge is -2.17. The number of carbonyl (C=O) groups is 2. The fourth-order valence-corrected chi connectivity index (χ4v) is 3.82. The van der Waals surface area contributed by atoms with Crippen LogP contribution in [-0.2, 0) is 16.7 Å². The minimum absolute atomic E-state index is 0.0598. The molecule has 3 rings (SSSR count). The highest BCUT2D eigenvalue weighted by molar-refractivity contribution is 7.86. The van der Waals surface area contributed by atoms with E-state index in [0.717, 1.165) is 6.26 Å². The lowest BCUT2D eigenvalue weighted by Crippen LogP contribution is -2.36. The van der Waals surface area contributed by atoms with Crippen LogP contribution in [0.4, 0.5) is 0 Å². The molecule has 0 aliphatic carbocycles. The SMILES string of the molecule is Cc1c(OS(C)(=O)=O)cc2c3c1cc(C(=O)NC(=N)N)n3CCCCC2=O. The van der Waals surface area contributed by atoms with E-state index in [0.29, 0.717) is 47.8 Å². The van der Waals surface area contributed by atoms with Crippen LogP contribution >= 0.6 is 0 Å². The number of aryl methyl sites for hydroxylation is 2. The Morgan fingerprint density at radius 3 is 2.67 bits per heavy atom. The second-order valence-corrected chi connectivity index (χ2v) is 8.10. The number of amides is 1. The predicted octanol–water partition coefficient (Wildman–Crippen LogP) is 1.28. The molecule has 2 heterocycles. The minimum atomic E-state index is -3.79. The normalized spacial score (nSPS) is 14.5. The Labute approximate surface area is 156 Å².